The smallest absolute Gasteiger partial charge is 0.0861 e. The van der Waals surface area contributed by atoms with Crippen LogP contribution in [0.15, 0.2) is 15.2 Å². The summed E-state index contributed by atoms with van der Waals surface area (Å²) < 4.78 is 1.03. The summed E-state index contributed by atoms with van der Waals surface area (Å²) in [5.74, 6) is 0.399. The highest BCUT2D eigenvalue weighted by molar-refractivity contribution is 9.10. The van der Waals surface area contributed by atoms with Gasteiger partial charge in [-0.25, -0.2) is 0 Å². The van der Waals surface area contributed by atoms with Crippen molar-refractivity contribution in [1.29, 1.82) is 0 Å². The van der Waals surface area contributed by atoms with Gasteiger partial charge in [-0.15, -0.1) is 0 Å². The maximum Gasteiger partial charge on any atom is 0.0861 e. The summed E-state index contributed by atoms with van der Waals surface area (Å²) in [7, 11) is 0. The maximum atomic E-state index is 9.85. The Bertz CT molecular complexity index is 272. The maximum absolute atomic E-state index is 9.85. The molecular weight excluding hydrogens is 238 g/mol. The van der Waals surface area contributed by atoms with Crippen LogP contribution in [0, 0.1) is 5.92 Å². The second-order valence-corrected chi connectivity index (χ2v) is 4.64. The largest absolute Gasteiger partial charge is 0.388 e. The number of hydrogen-bond donors (Lipinski definition) is 2. The molecule has 0 bridgehead atoms. The zero-order chi connectivity index (χ0) is 8.55. The minimum absolute atomic E-state index is 0.299. The zero-order valence-corrected chi connectivity index (χ0v) is 8.86. The SMILES string of the molecule is OC(c1cscc1Br)C1CNC1. The van der Waals surface area contributed by atoms with Gasteiger partial charge in [0.2, 0.25) is 0 Å². The first-order chi connectivity index (χ1) is 5.79. The second-order valence-electron chi connectivity index (χ2n) is 3.04. The lowest BCUT2D eigenvalue weighted by molar-refractivity contribution is 0.0765. The first-order valence-electron chi connectivity index (χ1n) is 3.89. The summed E-state index contributed by atoms with van der Waals surface area (Å²) in [4.78, 5) is 0. The van der Waals surface area contributed by atoms with Crippen LogP contribution in [0.3, 0.4) is 0 Å². The van der Waals surface area contributed by atoms with Gasteiger partial charge in [-0.2, -0.15) is 11.3 Å². The molecule has 2 N–H and O–H groups in total. The number of aliphatic hydroxyl groups excluding tert-OH is 1. The molecule has 1 atom stereocenters. The minimum Gasteiger partial charge on any atom is -0.388 e. The molecule has 0 spiro atoms. The molecule has 0 saturated carbocycles. The van der Waals surface area contributed by atoms with Gasteiger partial charge in [0.15, 0.2) is 0 Å². The Balaban J connectivity index is 2.13. The Morgan fingerprint density at radius 2 is 2.33 bits per heavy atom. The quantitative estimate of drug-likeness (QED) is 0.835. The van der Waals surface area contributed by atoms with Crippen molar-refractivity contribution in [2.45, 2.75) is 6.10 Å². The third kappa shape index (κ3) is 1.44. The Kier molecular flexibility index (Phi) is 2.50. The van der Waals surface area contributed by atoms with Crippen LogP contribution in [0.1, 0.15) is 11.7 Å². The highest BCUT2D eigenvalue weighted by Crippen LogP contribution is 2.32. The summed E-state index contributed by atoms with van der Waals surface area (Å²) in [6.45, 7) is 1.87. The highest BCUT2D eigenvalue weighted by Gasteiger charge is 2.27. The molecule has 2 heterocycles. The number of hydrogen-bond acceptors (Lipinski definition) is 3. The average molecular weight is 248 g/mol. The summed E-state index contributed by atoms with van der Waals surface area (Å²) in [6, 6.07) is 0. The fraction of sp³-hybridized carbons (Fsp3) is 0.500. The van der Waals surface area contributed by atoms with Crippen molar-refractivity contribution in [2.75, 3.05) is 13.1 Å². The Hall–Kier alpha value is 0.1000. The number of halogens is 1. The first kappa shape index (κ1) is 8.69. The van der Waals surface area contributed by atoms with E-state index in [-0.39, 0.29) is 6.10 Å². The van der Waals surface area contributed by atoms with E-state index in [2.05, 4.69) is 21.2 Å². The summed E-state index contributed by atoms with van der Waals surface area (Å²) in [5, 5.41) is 17.0. The number of aliphatic hydroxyl groups is 1. The van der Waals surface area contributed by atoms with E-state index in [1.165, 1.54) is 0 Å². The van der Waals surface area contributed by atoms with Gasteiger partial charge in [-0.3, -0.25) is 0 Å². The van der Waals surface area contributed by atoms with Crippen molar-refractivity contribution in [3.63, 3.8) is 0 Å². The Morgan fingerprint density at radius 1 is 1.58 bits per heavy atom. The number of thiophene rings is 1. The molecular formula is C8H10BrNOS. The van der Waals surface area contributed by atoms with Gasteiger partial charge < -0.3 is 10.4 Å². The number of rotatable bonds is 2. The first-order valence-corrected chi connectivity index (χ1v) is 5.63. The van der Waals surface area contributed by atoms with Gasteiger partial charge >= 0.3 is 0 Å². The van der Waals surface area contributed by atoms with Gasteiger partial charge in [0.05, 0.1) is 6.10 Å². The van der Waals surface area contributed by atoms with E-state index < -0.39 is 0 Å². The molecule has 1 saturated heterocycles. The summed E-state index contributed by atoms with van der Waals surface area (Å²) in [6.07, 6.45) is -0.299. The van der Waals surface area contributed by atoms with Crippen molar-refractivity contribution in [1.82, 2.24) is 5.32 Å². The van der Waals surface area contributed by atoms with E-state index in [0.717, 1.165) is 23.1 Å². The molecule has 0 radical (unpaired) electrons. The zero-order valence-electron chi connectivity index (χ0n) is 6.46. The molecule has 1 unspecified atom stereocenters. The monoisotopic (exact) mass is 247 g/mol. The highest BCUT2D eigenvalue weighted by atomic mass is 79.9. The normalized spacial score (nSPS) is 20.5. The van der Waals surface area contributed by atoms with Crippen LogP contribution < -0.4 is 5.32 Å². The molecule has 12 heavy (non-hydrogen) atoms. The van der Waals surface area contributed by atoms with Gasteiger partial charge in [-0.05, 0) is 21.3 Å². The molecule has 0 aliphatic carbocycles. The molecule has 1 fully saturated rings. The molecule has 0 amide bonds. The molecule has 2 rings (SSSR count). The van der Waals surface area contributed by atoms with Gasteiger partial charge in [0, 0.05) is 34.4 Å². The van der Waals surface area contributed by atoms with Crippen molar-refractivity contribution >= 4 is 27.3 Å². The fourth-order valence-electron chi connectivity index (χ4n) is 1.29. The van der Waals surface area contributed by atoms with Gasteiger partial charge in [-0.1, -0.05) is 0 Å². The van der Waals surface area contributed by atoms with Crippen LogP contribution in [0.2, 0.25) is 0 Å². The Morgan fingerprint density at radius 3 is 2.75 bits per heavy atom. The molecule has 1 aliphatic rings. The van der Waals surface area contributed by atoms with Crippen LogP contribution in [0.5, 0.6) is 0 Å². The molecule has 4 heteroatoms. The topological polar surface area (TPSA) is 32.3 Å². The van der Waals surface area contributed by atoms with Crippen molar-refractivity contribution in [2.24, 2.45) is 5.92 Å². The second kappa shape index (κ2) is 3.46. The van der Waals surface area contributed by atoms with E-state index in [1.54, 1.807) is 11.3 Å². The summed E-state index contributed by atoms with van der Waals surface area (Å²) >= 11 is 5.04. The molecule has 1 aromatic heterocycles. The van der Waals surface area contributed by atoms with Crippen LogP contribution in [0.25, 0.3) is 0 Å². The minimum atomic E-state index is -0.299. The molecule has 66 valence electrons. The summed E-state index contributed by atoms with van der Waals surface area (Å²) in [5.41, 5.74) is 1.03. The van der Waals surface area contributed by atoms with Crippen molar-refractivity contribution in [3.8, 4) is 0 Å². The third-order valence-electron chi connectivity index (χ3n) is 2.22. The molecule has 1 aliphatic heterocycles. The van der Waals surface area contributed by atoms with E-state index in [9.17, 15) is 5.11 Å². The molecule has 1 aromatic rings. The van der Waals surface area contributed by atoms with E-state index in [4.69, 9.17) is 0 Å². The molecule has 0 aromatic carbocycles. The van der Waals surface area contributed by atoms with Crippen molar-refractivity contribution in [3.05, 3.63) is 20.8 Å². The lowest BCUT2D eigenvalue weighted by Crippen LogP contribution is -2.45. The standard InChI is InChI=1S/C8H10BrNOS/c9-7-4-12-3-6(7)8(11)5-1-10-2-5/h3-5,8,10-11H,1-2H2. The number of nitrogens with one attached hydrogen (secondary N) is 1. The predicted molar refractivity (Wildman–Crippen MR) is 53.3 cm³/mol. The van der Waals surface area contributed by atoms with Crippen LogP contribution in [0.4, 0.5) is 0 Å². The van der Waals surface area contributed by atoms with Gasteiger partial charge in [0.25, 0.3) is 0 Å². The molecule has 2 nitrogen and oxygen atoms in total. The average Bonchev–Trinajstić information content (AvgIpc) is 2.31. The van der Waals surface area contributed by atoms with Crippen LogP contribution >= 0.6 is 27.3 Å². The Labute approximate surface area is 83.7 Å². The fourth-order valence-corrected chi connectivity index (χ4v) is 2.85. The van der Waals surface area contributed by atoms with Crippen molar-refractivity contribution < 1.29 is 5.11 Å². The van der Waals surface area contributed by atoms with E-state index in [0.29, 0.717) is 5.92 Å². The van der Waals surface area contributed by atoms with E-state index >= 15 is 0 Å². The van der Waals surface area contributed by atoms with Crippen LogP contribution in [-0.4, -0.2) is 18.2 Å². The van der Waals surface area contributed by atoms with Crippen LogP contribution in [-0.2, 0) is 0 Å². The predicted octanol–water partition coefficient (Wildman–Crippen LogP) is 1.76. The third-order valence-corrected chi connectivity index (χ3v) is 3.97. The lowest BCUT2D eigenvalue weighted by atomic mass is 9.93. The van der Waals surface area contributed by atoms with Gasteiger partial charge in [0.1, 0.15) is 0 Å². The van der Waals surface area contributed by atoms with E-state index in [1.807, 2.05) is 10.8 Å². The lowest BCUT2D eigenvalue weighted by Gasteiger charge is -2.31.